The van der Waals surface area contributed by atoms with Gasteiger partial charge in [-0.1, -0.05) is 32.0 Å². The SMILES string of the molecule is Cc1ccc(C(C)C)cc1C1(C2CC(N)C2)COC1. The molecule has 2 N–H and O–H groups in total. The van der Waals surface area contributed by atoms with Crippen LogP contribution in [0.5, 0.6) is 0 Å². The fourth-order valence-corrected chi connectivity index (χ4v) is 3.58. The summed E-state index contributed by atoms with van der Waals surface area (Å²) in [6.07, 6.45) is 2.32. The molecule has 2 fully saturated rings. The Labute approximate surface area is 116 Å². The average molecular weight is 259 g/mol. The molecule has 1 aliphatic heterocycles. The van der Waals surface area contributed by atoms with Crippen molar-refractivity contribution in [2.24, 2.45) is 11.7 Å². The molecule has 0 aromatic heterocycles. The first-order chi connectivity index (χ1) is 9.03. The van der Waals surface area contributed by atoms with Crippen LogP contribution in [0.3, 0.4) is 0 Å². The maximum Gasteiger partial charge on any atom is 0.0588 e. The minimum Gasteiger partial charge on any atom is -0.379 e. The minimum absolute atomic E-state index is 0.255. The Morgan fingerprint density at radius 1 is 1.26 bits per heavy atom. The summed E-state index contributed by atoms with van der Waals surface area (Å²) < 4.78 is 5.60. The van der Waals surface area contributed by atoms with Crippen molar-refractivity contribution < 1.29 is 4.74 Å². The zero-order valence-corrected chi connectivity index (χ0v) is 12.3. The number of hydrogen-bond donors (Lipinski definition) is 1. The summed E-state index contributed by atoms with van der Waals surface area (Å²) in [5.74, 6) is 1.30. The van der Waals surface area contributed by atoms with E-state index < -0.39 is 0 Å². The molecule has 2 heteroatoms. The van der Waals surface area contributed by atoms with E-state index in [1.165, 1.54) is 16.7 Å². The minimum atomic E-state index is 0.255. The molecule has 1 aromatic rings. The lowest BCUT2D eigenvalue weighted by Crippen LogP contribution is -2.58. The highest BCUT2D eigenvalue weighted by Gasteiger charge is 2.51. The van der Waals surface area contributed by atoms with E-state index in [9.17, 15) is 0 Å². The van der Waals surface area contributed by atoms with E-state index in [-0.39, 0.29) is 5.41 Å². The largest absolute Gasteiger partial charge is 0.379 e. The second-order valence-corrected chi connectivity index (χ2v) is 6.81. The van der Waals surface area contributed by atoms with Gasteiger partial charge in [0.25, 0.3) is 0 Å². The van der Waals surface area contributed by atoms with Gasteiger partial charge < -0.3 is 10.5 Å². The van der Waals surface area contributed by atoms with Crippen LogP contribution in [0, 0.1) is 12.8 Å². The standard InChI is InChI=1S/C17H25NO/c1-11(2)13-5-4-12(3)16(6-13)17(9-19-10-17)14-7-15(18)8-14/h4-6,11,14-15H,7-10,18H2,1-3H3. The molecule has 19 heavy (non-hydrogen) atoms. The molecule has 1 saturated carbocycles. The molecule has 3 rings (SSSR count). The highest BCUT2D eigenvalue weighted by atomic mass is 16.5. The third-order valence-electron chi connectivity index (χ3n) is 5.14. The molecule has 1 aromatic carbocycles. The molecule has 1 aliphatic carbocycles. The Kier molecular flexibility index (Phi) is 3.18. The molecule has 0 spiro atoms. The molecule has 2 aliphatic rings. The van der Waals surface area contributed by atoms with Crippen LogP contribution in [0.4, 0.5) is 0 Å². The van der Waals surface area contributed by atoms with E-state index in [0.29, 0.717) is 12.0 Å². The van der Waals surface area contributed by atoms with Crippen molar-refractivity contribution in [1.29, 1.82) is 0 Å². The van der Waals surface area contributed by atoms with E-state index in [4.69, 9.17) is 10.5 Å². The van der Waals surface area contributed by atoms with Gasteiger partial charge in [-0.3, -0.25) is 0 Å². The van der Waals surface area contributed by atoms with Crippen molar-refractivity contribution in [2.45, 2.75) is 51.0 Å². The van der Waals surface area contributed by atoms with Crippen LogP contribution < -0.4 is 5.73 Å². The average Bonchev–Trinajstić information content (AvgIpc) is 2.27. The maximum absolute atomic E-state index is 6.00. The highest BCUT2D eigenvalue weighted by Crippen LogP contribution is 2.49. The predicted molar refractivity (Wildman–Crippen MR) is 78.5 cm³/mol. The van der Waals surface area contributed by atoms with Crippen LogP contribution in [0.1, 0.15) is 49.3 Å². The van der Waals surface area contributed by atoms with Gasteiger partial charge in [0.05, 0.1) is 13.2 Å². The van der Waals surface area contributed by atoms with E-state index in [0.717, 1.165) is 32.0 Å². The maximum atomic E-state index is 6.00. The summed E-state index contributed by atoms with van der Waals surface area (Å²) in [6, 6.07) is 7.38. The molecule has 1 saturated heterocycles. The summed E-state index contributed by atoms with van der Waals surface area (Å²) >= 11 is 0. The van der Waals surface area contributed by atoms with Crippen LogP contribution in [0.15, 0.2) is 18.2 Å². The van der Waals surface area contributed by atoms with Gasteiger partial charge in [0.15, 0.2) is 0 Å². The molecule has 0 atom stereocenters. The molecule has 0 radical (unpaired) electrons. The molecular weight excluding hydrogens is 234 g/mol. The summed E-state index contributed by atoms with van der Waals surface area (Å²) in [6.45, 7) is 8.52. The van der Waals surface area contributed by atoms with Gasteiger partial charge in [0, 0.05) is 11.5 Å². The quantitative estimate of drug-likeness (QED) is 0.905. The number of benzene rings is 1. The van der Waals surface area contributed by atoms with Crippen LogP contribution in [0.25, 0.3) is 0 Å². The first-order valence-electron chi connectivity index (χ1n) is 7.47. The summed E-state index contributed by atoms with van der Waals surface area (Å²) in [7, 11) is 0. The molecular formula is C17H25NO. The Morgan fingerprint density at radius 3 is 2.42 bits per heavy atom. The normalized spacial score (nSPS) is 28.9. The Morgan fingerprint density at radius 2 is 1.95 bits per heavy atom. The van der Waals surface area contributed by atoms with Gasteiger partial charge in [0.1, 0.15) is 0 Å². The van der Waals surface area contributed by atoms with Gasteiger partial charge in [-0.2, -0.15) is 0 Å². The Hall–Kier alpha value is -0.860. The number of rotatable bonds is 3. The predicted octanol–water partition coefficient (Wildman–Crippen LogP) is 3.12. The van der Waals surface area contributed by atoms with E-state index >= 15 is 0 Å². The van der Waals surface area contributed by atoms with Crippen molar-refractivity contribution in [3.8, 4) is 0 Å². The topological polar surface area (TPSA) is 35.2 Å². The van der Waals surface area contributed by atoms with Gasteiger partial charge in [0.2, 0.25) is 0 Å². The second kappa shape index (κ2) is 4.60. The van der Waals surface area contributed by atoms with Crippen LogP contribution in [-0.2, 0) is 10.2 Å². The fraction of sp³-hybridized carbons (Fsp3) is 0.647. The summed E-state index contributed by atoms with van der Waals surface area (Å²) in [5.41, 5.74) is 10.6. The number of aryl methyl sites for hydroxylation is 1. The van der Waals surface area contributed by atoms with Crippen LogP contribution in [-0.4, -0.2) is 19.3 Å². The van der Waals surface area contributed by atoms with E-state index in [1.54, 1.807) is 0 Å². The molecule has 0 unspecified atom stereocenters. The van der Waals surface area contributed by atoms with Crippen molar-refractivity contribution >= 4 is 0 Å². The summed E-state index contributed by atoms with van der Waals surface area (Å²) in [5, 5.41) is 0. The lowest BCUT2D eigenvalue weighted by atomic mass is 9.58. The van der Waals surface area contributed by atoms with Crippen LogP contribution in [0.2, 0.25) is 0 Å². The van der Waals surface area contributed by atoms with Crippen molar-refractivity contribution in [1.82, 2.24) is 0 Å². The van der Waals surface area contributed by atoms with E-state index in [1.807, 2.05) is 0 Å². The zero-order valence-electron chi connectivity index (χ0n) is 12.3. The van der Waals surface area contributed by atoms with Crippen molar-refractivity contribution in [3.63, 3.8) is 0 Å². The molecule has 0 amide bonds. The third-order valence-corrected chi connectivity index (χ3v) is 5.14. The first-order valence-corrected chi connectivity index (χ1v) is 7.47. The highest BCUT2D eigenvalue weighted by molar-refractivity contribution is 5.41. The number of nitrogens with two attached hydrogens (primary N) is 1. The summed E-state index contributed by atoms with van der Waals surface area (Å²) in [4.78, 5) is 0. The second-order valence-electron chi connectivity index (χ2n) is 6.81. The Balaban J connectivity index is 1.97. The number of hydrogen-bond acceptors (Lipinski definition) is 2. The Bertz CT molecular complexity index is 470. The van der Waals surface area contributed by atoms with Crippen LogP contribution >= 0.6 is 0 Å². The van der Waals surface area contributed by atoms with Gasteiger partial charge in [-0.15, -0.1) is 0 Å². The number of ether oxygens (including phenoxy) is 1. The van der Waals surface area contributed by atoms with Gasteiger partial charge in [-0.05, 0) is 48.3 Å². The monoisotopic (exact) mass is 259 g/mol. The van der Waals surface area contributed by atoms with E-state index in [2.05, 4.69) is 39.0 Å². The third kappa shape index (κ3) is 2.02. The van der Waals surface area contributed by atoms with Crippen molar-refractivity contribution in [3.05, 3.63) is 34.9 Å². The lowest BCUT2D eigenvalue weighted by molar-refractivity contribution is -0.111. The molecule has 2 nitrogen and oxygen atoms in total. The van der Waals surface area contributed by atoms with Gasteiger partial charge in [-0.25, -0.2) is 0 Å². The molecule has 0 bridgehead atoms. The fourth-order valence-electron chi connectivity index (χ4n) is 3.58. The lowest BCUT2D eigenvalue weighted by Gasteiger charge is -2.53. The molecule has 104 valence electrons. The zero-order chi connectivity index (χ0) is 13.6. The van der Waals surface area contributed by atoms with Crippen molar-refractivity contribution in [2.75, 3.05) is 13.2 Å². The van der Waals surface area contributed by atoms with Gasteiger partial charge >= 0.3 is 0 Å². The first kappa shape index (κ1) is 13.1. The smallest absolute Gasteiger partial charge is 0.0588 e. The molecule has 1 heterocycles.